The zero-order chi connectivity index (χ0) is 13.7. The summed E-state index contributed by atoms with van der Waals surface area (Å²) in [5.41, 5.74) is 0. The molecule has 19 heavy (non-hydrogen) atoms. The van der Waals surface area contributed by atoms with E-state index in [0.717, 1.165) is 30.7 Å². The number of methoxy groups -OCH3 is 1. The van der Waals surface area contributed by atoms with Crippen molar-refractivity contribution in [3.05, 3.63) is 0 Å². The number of hydrogen-bond donors (Lipinski definition) is 2. The van der Waals surface area contributed by atoms with E-state index in [1.165, 1.54) is 25.7 Å². The second kappa shape index (κ2) is 7.25. The van der Waals surface area contributed by atoms with Crippen LogP contribution < -0.4 is 10.6 Å². The Kier molecular flexibility index (Phi) is 5.64. The highest BCUT2D eigenvalue weighted by Gasteiger charge is 2.41. The Morgan fingerprint density at radius 3 is 2.42 bits per heavy atom. The molecule has 1 atom stereocenters. The second-order valence-corrected chi connectivity index (χ2v) is 6.11. The third-order valence-corrected chi connectivity index (χ3v) is 4.33. The third kappa shape index (κ3) is 5.11. The smallest absolute Gasteiger partial charge is 0.236 e. The summed E-state index contributed by atoms with van der Waals surface area (Å²) in [5, 5.41) is 6.37. The fourth-order valence-electron chi connectivity index (χ4n) is 2.75. The van der Waals surface area contributed by atoms with Crippen molar-refractivity contribution < 1.29 is 9.53 Å². The van der Waals surface area contributed by atoms with Gasteiger partial charge in [-0.1, -0.05) is 0 Å². The number of ether oxygens (including phenoxy) is 1. The minimum atomic E-state index is -0.0810. The monoisotopic (exact) mass is 268 g/mol. The van der Waals surface area contributed by atoms with Gasteiger partial charge < -0.3 is 15.4 Å². The molecule has 0 heterocycles. The molecular weight excluding hydrogens is 240 g/mol. The summed E-state index contributed by atoms with van der Waals surface area (Å²) < 4.78 is 4.96. The van der Waals surface area contributed by atoms with Gasteiger partial charge in [0.2, 0.25) is 5.91 Å². The molecule has 2 saturated carbocycles. The number of nitrogens with one attached hydrogen (secondary N) is 2. The summed E-state index contributed by atoms with van der Waals surface area (Å²) in [5.74, 6) is 2.82. The van der Waals surface area contributed by atoms with E-state index in [1.807, 2.05) is 6.92 Å². The lowest BCUT2D eigenvalue weighted by molar-refractivity contribution is -0.122. The van der Waals surface area contributed by atoms with Crippen LogP contribution in [-0.2, 0) is 9.53 Å². The molecule has 0 aromatic heterocycles. The zero-order valence-corrected chi connectivity index (χ0v) is 12.3. The normalized spacial score (nSPS) is 20.6. The summed E-state index contributed by atoms with van der Waals surface area (Å²) in [7, 11) is 1.68. The predicted octanol–water partition coefficient (Wildman–Crippen LogP) is 1.55. The lowest BCUT2D eigenvalue weighted by Gasteiger charge is -2.20. The number of hydrogen-bond acceptors (Lipinski definition) is 3. The summed E-state index contributed by atoms with van der Waals surface area (Å²) in [4.78, 5) is 11.9. The molecule has 110 valence electrons. The number of rotatable bonds is 10. The standard InChI is InChI=1S/C15H28N2O2/c1-11(15(18)16-8-3-9-19-2)17-10-14(12-4-5-12)13-6-7-13/h11-14,17H,3-10H2,1-2H3,(H,16,18). The second-order valence-electron chi connectivity index (χ2n) is 6.11. The van der Waals surface area contributed by atoms with Gasteiger partial charge in [-0.05, 0) is 63.3 Å². The molecule has 0 aromatic carbocycles. The van der Waals surface area contributed by atoms with Crippen LogP contribution in [0.1, 0.15) is 39.0 Å². The lowest BCUT2D eigenvalue weighted by atomic mass is 9.97. The molecule has 2 fully saturated rings. The molecule has 0 aromatic rings. The van der Waals surface area contributed by atoms with Crippen molar-refractivity contribution in [3.8, 4) is 0 Å². The topological polar surface area (TPSA) is 50.4 Å². The van der Waals surface area contributed by atoms with Gasteiger partial charge in [-0.15, -0.1) is 0 Å². The van der Waals surface area contributed by atoms with Crippen molar-refractivity contribution >= 4 is 5.91 Å². The van der Waals surface area contributed by atoms with Crippen molar-refractivity contribution in [2.24, 2.45) is 17.8 Å². The van der Waals surface area contributed by atoms with Crippen LogP contribution >= 0.6 is 0 Å². The van der Waals surface area contributed by atoms with E-state index in [-0.39, 0.29) is 11.9 Å². The molecule has 1 unspecified atom stereocenters. The Labute approximate surface area is 116 Å². The molecule has 2 rings (SSSR count). The Morgan fingerprint density at radius 2 is 1.89 bits per heavy atom. The van der Waals surface area contributed by atoms with E-state index in [9.17, 15) is 4.79 Å². The summed E-state index contributed by atoms with van der Waals surface area (Å²) in [6.07, 6.45) is 6.49. The van der Waals surface area contributed by atoms with Crippen LogP contribution in [-0.4, -0.2) is 38.8 Å². The highest BCUT2D eigenvalue weighted by atomic mass is 16.5. The van der Waals surface area contributed by atoms with Crippen LogP contribution in [0.25, 0.3) is 0 Å². The summed E-state index contributed by atoms with van der Waals surface area (Å²) in [6.45, 7) is 4.38. The van der Waals surface area contributed by atoms with E-state index in [1.54, 1.807) is 7.11 Å². The van der Waals surface area contributed by atoms with E-state index in [4.69, 9.17) is 4.74 Å². The largest absolute Gasteiger partial charge is 0.385 e. The van der Waals surface area contributed by atoms with Crippen molar-refractivity contribution in [2.75, 3.05) is 26.8 Å². The minimum Gasteiger partial charge on any atom is -0.385 e. The van der Waals surface area contributed by atoms with Crippen LogP contribution in [0.3, 0.4) is 0 Å². The number of carbonyl (C=O) groups is 1. The highest BCUT2D eigenvalue weighted by Crippen LogP contribution is 2.48. The maximum Gasteiger partial charge on any atom is 0.236 e. The van der Waals surface area contributed by atoms with Gasteiger partial charge >= 0.3 is 0 Å². The lowest BCUT2D eigenvalue weighted by Crippen LogP contribution is -2.44. The molecule has 1 amide bonds. The van der Waals surface area contributed by atoms with Crippen molar-refractivity contribution in [2.45, 2.75) is 45.1 Å². The van der Waals surface area contributed by atoms with Crippen LogP contribution in [0.4, 0.5) is 0 Å². The Morgan fingerprint density at radius 1 is 1.26 bits per heavy atom. The van der Waals surface area contributed by atoms with Gasteiger partial charge in [-0.2, -0.15) is 0 Å². The Bertz CT molecular complexity index is 276. The Balaban J connectivity index is 1.59. The molecule has 0 aliphatic heterocycles. The fraction of sp³-hybridized carbons (Fsp3) is 0.933. The molecular formula is C15H28N2O2. The first-order valence-corrected chi connectivity index (χ1v) is 7.72. The summed E-state index contributed by atoms with van der Waals surface area (Å²) >= 11 is 0. The molecule has 0 spiro atoms. The van der Waals surface area contributed by atoms with E-state index in [0.29, 0.717) is 13.2 Å². The minimum absolute atomic E-state index is 0.0810. The van der Waals surface area contributed by atoms with Crippen molar-refractivity contribution in [3.63, 3.8) is 0 Å². The highest BCUT2D eigenvalue weighted by molar-refractivity contribution is 5.81. The summed E-state index contributed by atoms with van der Waals surface area (Å²) in [6, 6.07) is -0.0810. The predicted molar refractivity (Wildman–Crippen MR) is 75.9 cm³/mol. The molecule has 2 aliphatic carbocycles. The van der Waals surface area contributed by atoms with Gasteiger partial charge in [-0.3, -0.25) is 4.79 Å². The van der Waals surface area contributed by atoms with Gasteiger partial charge in [0.15, 0.2) is 0 Å². The van der Waals surface area contributed by atoms with Gasteiger partial charge in [0, 0.05) is 20.3 Å². The van der Waals surface area contributed by atoms with E-state index < -0.39 is 0 Å². The quantitative estimate of drug-likeness (QED) is 0.591. The third-order valence-electron chi connectivity index (χ3n) is 4.33. The average molecular weight is 268 g/mol. The molecule has 0 radical (unpaired) electrons. The fourth-order valence-corrected chi connectivity index (χ4v) is 2.75. The molecule has 2 aliphatic rings. The van der Waals surface area contributed by atoms with Gasteiger partial charge in [0.25, 0.3) is 0 Å². The molecule has 0 bridgehead atoms. The van der Waals surface area contributed by atoms with Gasteiger partial charge in [0.05, 0.1) is 6.04 Å². The molecule has 4 nitrogen and oxygen atoms in total. The van der Waals surface area contributed by atoms with Crippen LogP contribution in [0.5, 0.6) is 0 Å². The zero-order valence-electron chi connectivity index (χ0n) is 12.3. The van der Waals surface area contributed by atoms with Crippen molar-refractivity contribution in [1.82, 2.24) is 10.6 Å². The Hall–Kier alpha value is -0.610. The van der Waals surface area contributed by atoms with E-state index in [2.05, 4.69) is 10.6 Å². The van der Waals surface area contributed by atoms with E-state index >= 15 is 0 Å². The number of amides is 1. The maximum absolute atomic E-state index is 11.9. The van der Waals surface area contributed by atoms with Gasteiger partial charge in [-0.25, -0.2) is 0 Å². The van der Waals surface area contributed by atoms with Crippen LogP contribution in [0.2, 0.25) is 0 Å². The average Bonchev–Trinajstić information content (AvgIpc) is 3.27. The molecule has 2 N–H and O–H groups in total. The van der Waals surface area contributed by atoms with Gasteiger partial charge in [0.1, 0.15) is 0 Å². The van der Waals surface area contributed by atoms with Crippen LogP contribution in [0.15, 0.2) is 0 Å². The first-order valence-electron chi connectivity index (χ1n) is 7.72. The van der Waals surface area contributed by atoms with Crippen molar-refractivity contribution in [1.29, 1.82) is 0 Å². The number of carbonyl (C=O) groups excluding carboxylic acids is 1. The first kappa shape index (κ1) is 14.8. The SMILES string of the molecule is COCCCNC(=O)C(C)NCC(C1CC1)C1CC1. The van der Waals surface area contributed by atoms with Crippen LogP contribution in [0, 0.1) is 17.8 Å². The molecule has 4 heteroatoms. The molecule has 0 saturated heterocycles. The first-order chi connectivity index (χ1) is 9.22. The maximum atomic E-state index is 11.9.